The second-order valence-electron chi connectivity index (χ2n) is 5.26. The number of hydrogen-bond donors (Lipinski definition) is 1. The molecule has 0 unspecified atom stereocenters. The minimum absolute atomic E-state index is 0.232. The molecule has 6 heteroatoms. The van der Waals surface area contributed by atoms with Gasteiger partial charge in [-0.1, -0.05) is 24.3 Å². The lowest BCUT2D eigenvalue weighted by Gasteiger charge is -2.08. The van der Waals surface area contributed by atoms with Gasteiger partial charge in [0.2, 0.25) is 0 Å². The van der Waals surface area contributed by atoms with Crippen molar-refractivity contribution in [3.8, 4) is 17.2 Å². The molecule has 2 aromatic carbocycles. The van der Waals surface area contributed by atoms with E-state index >= 15 is 0 Å². The van der Waals surface area contributed by atoms with Crippen LogP contribution in [0.1, 0.15) is 10.5 Å². The minimum Gasteiger partial charge on any atom is -0.497 e. The molecular weight excluding hydrogens is 318 g/mol. The van der Waals surface area contributed by atoms with Gasteiger partial charge in [0.1, 0.15) is 18.1 Å². The average Bonchev–Trinajstić information content (AvgIpc) is 3.16. The molecule has 0 atom stereocenters. The molecule has 0 radical (unpaired) electrons. The second kappa shape index (κ2) is 8.01. The van der Waals surface area contributed by atoms with Crippen LogP contribution in [0, 0.1) is 0 Å². The van der Waals surface area contributed by atoms with Gasteiger partial charge in [-0.3, -0.25) is 4.79 Å². The van der Waals surface area contributed by atoms with E-state index in [4.69, 9.17) is 9.47 Å². The Balaban J connectivity index is 1.49. The molecule has 6 nitrogen and oxygen atoms in total. The van der Waals surface area contributed by atoms with Crippen molar-refractivity contribution in [3.63, 3.8) is 0 Å². The zero-order valence-electron chi connectivity index (χ0n) is 13.9. The fraction of sp³-hybridized carbons (Fsp3) is 0.158. The Morgan fingerprint density at radius 1 is 1.08 bits per heavy atom. The summed E-state index contributed by atoms with van der Waals surface area (Å²) in [7, 11) is 1.61. The number of benzene rings is 2. The Labute approximate surface area is 146 Å². The number of carbonyl (C=O) groups excluding carboxylic acids is 1. The monoisotopic (exact) mass is 337 g/mol. The van der Waals surface area contributed by atoms with Crippen LogP contribution in [0.2, 0.25) is 0 Å². The number of amides is 1. The summed E-state index contributed by atoms with van der Waals surface area (Å²) >= 11 is 0. The Morgan fingerprint density at radius 3 is 2.68 bits per heavy atom. The number of nitrogens with one attached hydrogen (secondary N) is 1. The van der Waals surface area contributed by atoms with Crippen LogP contribution in [-0.4, -0.2) is 35.9 Å². The molecule has 0 aliphatic heterocycles. The fourth-order valence-electron chi connectivity index (χ4n) is 2.28. The van der Waals surface area contributed by atoms with Crippen molar-refractivity contribution in [2.75, 3.05) is 20.3 Å². The molecule has 1 amide bonds. The smallest absolute Gasteiger partial charge is 0.271 e. The Bertz CT molecular complexity index is 831. The zero-order chi connectivity index (χ0) is 17.5. The molecule has 0 fully saturated rings. The fourth-order valence-corrected chi connectivity index (χ4v) is 2.28. The molecule has 0 saturated heterocycles. The van der Waals surface area contributed by atoms with Gasteiger partial charge in [0, 0.05) is 12.3 Å². The maximum Gasteiger partial charge on any atom is 0.271 e. The van der Waals surface area contributed by atoms with Gasteiger partial charge in [0.15, 0.2) is 5.69 Å². The van der Waals surface area contributed by atoms with Gasteiger partial charge in [-0.25, -0.2) is 4.68 Å². The number of aromatic nitrogens is 2. The SMILES string of the molecule is COc1cccc(OCCNC(=O)c2ccn(-c3ccccc3)n2)c1. The summed E-state index contributed by atoms with van der Waals surface area (Å²) < 4.78 is 12.4. The highest BCUT2D eigenvalue weighted by atomic mass is 16.5. The van der Waals surface area contributed by atoms with Gasteiger partial charge in [-0.2, -0.15) is 5.10 Å². The molecule has 0 spiro atoms. The number of nitrogens with zero attached hydrogens (tertiary/aromatic N) is 2. The molecular formula is C19H19N3O3. The van der Waals surface area contributed by atoms with E-state index < -0.39 is 0 Å². The Kier molecular flexibility index (Phi) is 5.31. The number of methoxy groups -OCH3 is 1. The van der Waals surface area contributed by atoms with Gasteiger partial charge in [-0.15, -0.1) is 0 Å². The summed E-state index contributed by atoms with van der Waals surface area (Å²) in [6, 6.07) is 18.6. The van der Waals surface area contributed by atoms with Crippen LogP contribution in [0.3, 0.4) is 0 Å². The van der Waals surface area contributed by atoms with E-state index in [9.17, 15) is 4.79 Å². The number of hydrogen-bond acceptors (Lipinski definition) is 4. The summed E-state index contributed by atoms with van der Waals surface area (Å²) in [5.41, 5.74) is 1.27. The third kappa shape index (κ3) is 4.38. The maximum atomic E-state index is 12.1. The highest BCUT2D eigenvalue weighted by Crippen LogP contribution is 2.18. The Morgan fingerprint density at radius 2 is 1.88 bits per heavy atom. The van der Waals surface area contributed by atoms with Gasteiger partial charge in [0.25, 0.3) is 5.91 Å². The van der Waals surface area contributed by atoms with Crippen LogP contribution in [0.15, 0.2) is 66.9 Å². The molecule has 1 aromatic heterocycles. The van der Waals surface area contributed by atoms with E-state index in [0.29, 0.717) is 24.6 Å². The van der Waals surface area contributed by atoms with E-state index in [1.54, 1.807) is 30.1 Å². The van der Waals surface area contributed by atoms with E-state index in [0.717, 1.165) is 11.4 Å². The predicted octanol–water partition coefficient (Wildman–Crippen LogP) is 2.69. The van der Waals surface area contributed by atoms with Crippen LogP contribution >= 0.6 is 0 Å². The first kappa shape index (κ1) is 16.6. The highest BCUT2D eigenvalue weighted by Gasteiger charge is 2.09. The number of ether oxygens (including phenoxy) is 2. The summed E-state index contributed by atoms with van der Waals surface area (Å²) in [4.78, 5) is 12.1. The van der Waals surface area contributed by atoms with Crippen molar-refractivity contribution in [3.05, 3.63) is 72.6 Å². The van der Waals surface area contributed by atoms with Crippen molar-refractivity contribution in [2.45, 2.75) is 0 Å². The standard InChI is InChI=1S/C19H19N3O3/c1-24-16-8-5-9-17(14-16)25-13-11-20-19(23)18-10-12-22(21-18)15-6-3-2-4-7-15/h2-10,12,14H,11,13H2,1H3,(H,20,23). The molecule has 1 N–H and O–H groups in total. The number of para-hydroxylation sites is 1. The van der Waals surface area contributed by atoms with Gasteiger partial charge >= 0.3 is 0 Å². The van der Waals surface area contributed by atoms with E-state index in [1.807, 2.05) is 48.5 Å². The summed E-state index contributed by atoms with van der Waals surface area (Å²) in [6.07, 6.45) is 1.76. The minimum atomic E-state index is -0.232. The summed E-state index contributed by atoms with van der Waals surface area (Å²) in [5, 5.41) is 7.08. The van der Waals surface area contributed by atoms with Crippen molar-refractivity contribution >= 4 is 5.91 Å². The van der Waals surface area contributed by atoms with Crippen molar-refractivity contribution < 1.29 is 14.3 Å². The topological polar surface area (TPSA) is 65.4 Å². The normalized spacial score (nSPS) is 10.3. The van der Waals surface area contributed by atoms with E-state index in [2.05, 4.69) is 10.4 Å². The molecule has 3 rings (SSSR count). The first-order valence-corrected chi connectivity index (χ1v) is 7.92. The number of carbonyl (C=O) groups is 1. The van der Waals surface area contributed by atoms with Gasteiger partial charge < -0.3 is 14.8 Å². The van der Waals surface area contributed by atoms with Crippen LogP contribution in [0.5, 0.6) is 11.5 Å². The van der Waals surface area contributed by atoms with Gasteiger partial charge in [0.05, 0.1) is 19.3 Å². The predicted molar refractivity (Wildman–Crippen MR) is 94.4 cm³/mol. The number of rotatable bonds is 7. The highest BCUT2D eigenvalue weighted by molar-refractivity contribution is 5.92. The first-order valence-electron chi connectivity index (χ1n) is 7.92. The molecule has 0 aliphatic carbocycles. The van der Waals surface area contributed by atoms with Crippen LogP contribution in [0.25, 0.3) is 5.69 Å². The van der Waals surface area contributed by atoms with Crippen LogP contribution in [0.4, 0.5) is 0 Å². The largest absolute Gasteiger partial charge is 0.497 e. The molecule has 0 saturated carbocycles. The average molecular weight is 337 g/mol. The third-order valence-electron chi connectivity index (χ3n) is 3.54. The lowest BCUT2D eigenvalue weighted by molar-refractivity contribution is 0.0941. The van der Waals surface area contributed by atoms with Crippen LogP contribution in [-0.2, 0) is 0 Å². The second-order valence-corrected chi connectivity index (χ2v) is 5.26. The van der Waals surface area contributed by atoms with E-state index in [1.165, 1.54) is 0 Å². The van der Waals surface area contributed by atoms with E-state index in [-0.39, 0.29) is 5.91 Å². The van der Waals surface area contributed by atoms with Crippen LogP contribution < -0.4 is 14.8 Å². The van der Waals surface area contributed by atoms with Crippen molar-refractivity contribution in [1.29, 1.82) is 0 Å². The lowest BCUT2D eigenvalue weighted by Crippen LogP contribution is -2.28. The molecule has 128 valence electrons. The summed E-state index contributed by atoms with van der Waals surface area (Å²) in [5.74, 6) is 1.19. The molecule has 0 aliphatic rings. The molecule has 3 aromatic rings. The lowest BCUT2D eigenvalue weighted by atomic mass is 10.3. The third-order valence-corrected chi connectivity index (χ3v) is 3.54. The van der Waals surface area contributed by atoms with Gasteiger partial charge in [-0.05, 0) is 30.3 Å². The van der Waals surface area contributed by atoms with Crippen molar-refractivity contribution in [2.24, 2.45) is 0 Å². The zero-order valence-corrected chi connectivity index (χ0v) is 13.9. The molecule has 1 heterocycles. The first-order chi connectivity index (χ1) is 12.3. The quantitative estimate of drug-likeness (QED) is 0.673. The molecule has 25 heavy (non-hydrogen) atoms. The Hall–Kier alpha value is -3.28. The maximum absolute atomic E-state index is 12.1. The molecule has 0 bridgehead atoms. The summed E-state index contributed by atoms with van der Waals surface area (Å²) in [6.45, 7) is 0.743. The van der Waals surface area contributed by atoms with Crippen molar-refractivity contribution in [1.82, 2.24) is 15.1 Å².